The highest BCUT2D eigenvalue weighted by molar-refractivity contribution is 7.59. The lowest BCUT2D eigenvalue weighted by molar-refractivity contribution is -0.139. The van der Waals surface area contributed by atoms with Crippen molar-refractivity contribution in [1.29, 1.82) is 0 Å². The summed E-state index contributed by atoms with van der Waals surface area (Å²) in [5.41, 5.74) is 10.3. The molecule has 0 saturated carbocycles. The molecule has 5 N–H and O–H groups in total. The standard InChI is InChI=1S/C28H31N3O5.H2S/c29-23-17-20(10-14-26(23)32)27(33)31-25(28(34)35)16-18-7-12-22(13-8-18)36-15-3-5-21-11-9-19-4-1-2-6-24(19)30-21;/h7-14,17,25,32H,1-6,15-16,29H2,(H,31,33)(H,34,35);1H2/t25-;/m0./s1. The number of phenols is 1. The average molecular weight is 524 g/mol. The molecule has 2 aromatic carbocycles. The number of aromatic hydroxyl groups is 1. The summed E-state index contributed by atoms with van der Waals surface area (Å²) >= 11 is 0. The molecule has 0 fully saturated rings. The molecule has 0 unspecified atom stereocenters. The van der Waals surface area contributed by atoms with Crippen molar-refractivity contribution >= 4 is 31.1 Å². The summed E-state index contributed by atoms with van der Waals surface area (Å²) in [6.07, 6.45) is 6.50. The molecule has 3 aromatic rings. The minimum atomic E-state index is -1.15. The predicted molar refractivity (Wildman–Crippen MR) is 147 cm³/mol. The van der Waals surface area contributed by atoms with E-state index in [9.17, 15) is 19.8 Å². The average Bonchev–Trinajstić information content (AvgIpc) is 2.88. The number of phenolic OH excluding ortho intramolecular Hbond substituents is 1. The van der Waals surface area contributed by atoms with Gasteiger partial charge in [-0.15, -0.1) is 0 Å². The van der Waals surface area contributed by atoms with Gasteiger partial charge in [-0.25, -0.2) is 4.79 Å². The summed E-state index contributed by atoms with van der Waals surface area (Å²) in [6, 6.07) is 14.4. The van der Waals surface area contributed by atoms with Crippen molar-refractivity contribution in [2.45, 2.75) is 51.0 Å². The number of hydrogen-bond donors (Lipinski definition) is 4. The zero-order valence-corrected chi connectivity index (χ0v) is 21.6. The summed E-state index contributed by atoms with van der Waals surface area (Å²) < 4.78 is 5.84. The van der Waals surface area contributed by atoms with Crippen molar-refractivity contribution in [3.8, 4) is 11.5 Å². The van der Waals surface area contributed by atoms with Crippen molar-refractivity contribution in [2.75, 3.05) is 12.3 Å². The lowest BCUT2D eigenvalue weighted by atomic mass is 9.95. The Balaban J connectivity index is 0.00000380. The Hall–Kier alpha value is -3.72. The normalized spacial score (nSPS) is 13.1. The van der Waals surface area contributed by atoms with Crippen molar-refractivity contribution < 1.29 is 24.5 Å². The van der Waals surface area contributed by atoms with Gasteiger partial charge in [0.2, 0.25) is 0 Å². The molecule has 1 aliphatic rings. The summed E-state index contributed by atoms with van der Waals surface area (Å²) in [5.74, 6) is -1.17. The van der Waals surface area contributed by atoms with Crippen LogP contribution >= 0.6 is 13.5 Å². The monoisotopic (exact) mass is 523 g/mol. The van der Waals surface area contributed by atoms with Gasteiger partial charge in [-0.1, -0.05) is 18.2 Å². The van der Waals surface area contributed by atoms with Crippen LogP contribution in [0, 0.1) is 0 Å². The number of nitrogens with zero attached hydrogens (tertiary/aromatic N) is 1. The number of aliphatic carboxylic acids is 1. The second-order valence-corrected chi connectivity index (χ2v) is 9.05. The summed E-state index contributed by atoms with van der Waals surface area (Å²) in [6.45, 7) is 0.557. The van der Waals surface area contributed by atoms with Crippen molar-refractivity contribution in [3.63, 3.8) is 0 Å². The molecule has 0 aliphatic heterocycles. The van der Waals surface area contributed by atoms with Crippen LogP contribution in [0.5, 0.6) is 11.5 Å². The number of anilines is 1. The van der Waals surface area contributed by atoms with Gasteiger partial charge >= 0.3 is 5.97 Å². The zero-order valence-electron chi connectivity index (χ0n) is 20.6. The van der Waals surface area contributed by atoms with Crippen LogP contribution in [-0.2, 0) is 30.5 Å². The molecule has 4 rings (SSSR count). The molecule has 37 heavy (non-hydrogen) atoms. The molecule has 0 bridgehead atoms. The van der Waals surface area contributed by atoms with Gasteiger partial charge in [-0.2, -0.15) is 13.5 Å². The number of nitrogens with one attached hydrogen (secondary N) is 1. The number of carboxylic acids is 1. The van der Waals surface area contributed by atoms with Gasteiger partial charge < -0.3 is 26.0 Å². The van der Waals surface area contributed by atoms with Crippen molar-refractivity contribution in [1.82, 2.24) is 10.3 Å². The molecule has 1 aromatic heterocycles. The largest absolute Gasteiger partial charge is 0.506 e. The Labute approximate surface area is 223 Å². The van der Waals surface area contributed by atoms with E-state index in [1.54, 1.807) is 24.3 Å². The van der Waals surface area contributed by atoms with E-state index < -0.39 is 17.9 Å². The molecular formula is C28H33N3O5S. The van der Waals surface area contributed by atoms with Crippen molar-refractivity contribution in [3.05, 3.63) is 82.7 Å². The van der Waals surface area contributed by atoms with Crippen LogP contribution in [-0.4, -0.2) is 39.7 Å². The number of hydrogen-bond acceptors (Lipinski definition) is 6. The van der Waals surface area contributed by atoms with Crippen LogP contribution in [0.4, 0.5) is 5.69 Å². The number of nitrogens with two attached hydrogens (primary N) is 1. The van der Waals surface area contributed by atoms with E-state index in [1.807, 2.05) is 0 Å². The Morgan fingerprint density at radius 2 is 1.81 bits per heavy atom. The highest BCUT2D eigenvalue weighted by Gasteiger charge is 2.21. The molecule has 8 nitrogen and oxygen atoms in total. The number of fused-ring (bicyclic) bond motifs is 1. The highest BCUT2D eigenvalue weighted by Crippen LogP contribution is 2.21. The Morgan fingerprint density at radius 1 is 1.05 bits per heavy atom. The fraction of sp³-hybridized carbons (Fsp3) is 0.321. The number of amides is 1. The van der Waals surface area contributed by atoms with E-state index in [4.69, 9.17) is 15.5 Å². The number of benzene rings is 2. The SMILES string of the molecule is Nc1cc(C(=O)N[C@@H](Cc2ccc(OCCCc3ccc4c(n3)CCCC4)cc2)C(=O)O)ccc1O.S. The molecule has 1 heterocycles. The van der Waals surface area contributed by atoms with Gasteiger partial charge in [0, 0.05) is 23.4 Å². The number of nitrogen functional groups attached to an aromatic ring is 1. The third kappa shape index (κ3) is 7.63. The number of pyridine rings is 1. The summed E-state index contributed by atoms with van der Waals surface area (Å²) in [7, 11) is 0. The van der Waals surface area contributed by atoms with Gasteiger partial charge in [0.15, 0.2) is 0 Å². The quantitative estimate of drug-likeness (QED) is 0.180. The first-order valence-electron chi connectivity index (χ1n) is 12.2. The van der Waals surface area contributed by atoms with E-state index in [0.717, 1.165) is 36.9 Å². The molecule has 1 amide bonds. The van der Waals surface area contributed by atoms with E-state index in [2.05, 4.69) is 17.4 Å². The lowest BCUT2D eigenvalue weighted by Gasteiger charge is -2.16. The first-order chi connectivity index (χ1) is 17.4. The summed E-state index contributed by atoms with van der Waals surface area (Å²) in [4.78, 5) is 29.0. The number of carboxylic acid groups (broad SMARTS) is 1. The van der Waals surface area contributed by atoms with E-state index in [1.165, 1.54) is 42.3 Å². The highest BCUT2D eigenvalue weighted by atomic mass is 32.1. The van der Waals surface area contributed by atoms with Crippen LogP contribution < -0.4 is 15.8 Å². The summed E-state index contributed by atoms with van der Waals surface area (Å²) in [5, 5.41) is 21.6. The molecular weight excluding hydrogens is 490 g/mol. The second kappa shape index (κ2) is 13.0. The van der Waals surface area contributed by atoms with Crippen LogP contribution in [0.25, 0.3) is 0 Å². The van der Waals surface area contributed by atoms with Gasteiger partial charge in [-0.05, 0) is 86.1 Å². The predicted octanol–water partition coefficient (Wildman–Crippen LogP) is 3.80. The number of ether oxygens (including phenoxy) is 1. The van der Waals surface area contributed by atoms with Crippen LogP contribution in [0.15, 0.2) is 54.6 Å². The molecule has 0 radical (unpaired) electrons. The zero-order chi connectivity index (χ0) is 25.5. The maximum absolute atomic E-state index is 12.5. The van der Waals surface area contributed by atoms with E-state index >= 15 is 0 Å². The topological polar surface area (TPSA) is 135 Å². The lowest BCUT2D eigenvalue weighted by Crippen LogP contribution is -2.42. The van der Waals surface area contributed by atoms with Crippen LogP contribution in [0.1, 0.15) is 52.1 Å². The van der Waals surface area contributed by atoms with Gasteiger partial charge in [0.05, 0.1) is 12.3 Å². The molecule has 9 heteroatoms. The second-order valence-electron chi connectivity index (χ2n) is 9.05. The number of carbonyl (C=O) groups excluding carboxylic acids is 1. The Bertz CT molecular complexity index is 1230. The Kier molecular flexibility index (Phi) is 9.79. The fourth-order valence-corrected chi connectivity index (χ4v) is 4.30. The van der Waals surface area contributed by atoms with Gasteiger partial charge in [-0.3, -0.25) is 9.78 Å². The van der Waals surface area contributed by atoms with E-state index in [0.29, 0.717) is 12.4 Å². The van der Waals surface area contributed by atoms with Crippen LogP contribution in [0.2, 0.25) is 0 Å². The maximum atomic E-state index is 12.5. The molecule has 1 atom stereocenters. The minimum Gasteiger partial charge on any atom is -0.506 e. The molecule has 196 valence electrons. The van der Waals surface area contributed by atoms with Gasteiger partial charge in [0.25, 0.3) is 5.91 Å². The number of aryl methyl sites for hydroxylation is 3. The fourth-order valence-electron chi connectivity index (χ4n) is 4.30. The molecule has 1 aliphatic carbocycles. The third-order valence-corrected chi connectivity index (χ3v) is 6.34. The Morgan fingerprint density at radius 3 is 2.54 bits per heavy atom. The van der Waals surface area contributed by atoms with Crippen LogP contribution in [0.3, 0.4) is 0 Å². The van der Waals surface area contributed by atoms with Gasteiger partial charge in [0.1, 0.15) is 17.5 Å². The number of aromatic nitrogens is 1. The maximum Gasteiger partial charge on any atom is 0.326 e. The molecule has 0 spiro atoms. The first-order valence-corrected chi connectivity index (χ1v) is 12.2. The number of rotatable bonds is 10. The molecule has 0 saturated heterocycles. The third-order valence-electron chi connectivity index (χ3n) is 6.34. The number of carbonyl (C=O) groups is 2. The first kappa shape index (κ1) is 27.9. The van der Waals surface area contributed by atoms with E-state index in [-0.39, 0.29) is 36.9 Å². The smallest absolute Gasteiger partial charge is 0.326 e. The minimum absolute atomic E-state index is 0. The van der Waals surface area contributed by atoms with Crippen molar-refractivity contribution in [2.24, 2.45) is 0 Å².